The van der Waals surface area contributed by atoms with Gasteiger partial charge in [0.15, 0.2) is 0 Å². The van der Waals surface area contributed by atoms with Crippen LogP contribution < -0.4 is 0 Å². The van der Waals surface area contributed by atoms with Gasteiger partial charge in [-0.3, -0.25) is 4.90 Å². The van der Waals surface area contributed by atoms with Crippen LogP contribution in [0.5, 0.6) is 0 Å². The third kappa shape index (κ3) is 1.84. The number of likely N-dealkylation sites (tertiary alicyclic amines) is 1. The average Bonchev–Trinajstić information content (AvgIpc) is 2.16. The SMILES string of the molecule is CCC1CC(CC)N(C)C(C)(C)C1C. The van der Waals surface area contributed by atoms with E-state index in [1.165, 1.54) is 19.3 Å². The number of hydrogen-bond acceptors (Lipinski definition) is 1. The Labute approximate surface area is 89.9 Å². The minimum absolute atomic E-state index is 0.375. The Morgan fingerprint density at radius 3 is 2.21 bits per heavy atom. The largest absolute Gasteiger partial charge is 0.298 e. The highest BCUT2D eigenvalue weighted by atomic mass is 15.2. The summed E-state index contributed by atoms with van der Waals surface area (Å²) in [6.07, 6.45) is 4.03. The molecular weight excluding hydrogens is 170 g/mol. The molecule has 1 rings (SSSR count). The van der Waals surface area contributed by atoms with E-state index < -0.39 is 0 Å². The number of rotatable bonds is 2. The first-order valence-corrected chi connectivity index (χ1v) is 6.18. The molecule has 1 fully saturated rings. The summed E-state index contributed by atoms with van der Waals surface area (Å²) >= 11 is 0. The number of piperidine rings is 1. The molecule has 1 aliphatic rings. The van der Waals surface area contributed by atoms with Gasteiger partial charge in [0, 0.05) is 11.6 Å². The van der Waals surface area contributed by atoms with E-state index >= 15 is 0 Å². The molecule has 0 aliphatic carbocycles. The molecule has 0 amide bonds. The molecule has 1 aliphatic heterocycles. The molecule has 0 radical (unpaired) electrons. The summed E-state index contributed by atoms with van der Waals surface area (Å²) in [5.41, 5.74) is 0.375. The van der Waals surface area contributed by atoms with Crippen LogP contribution in [0, 0.1) is 11.8 Å². The summed E-state index contributed by atoms with van der Waals surface area (Å²) in [5.74, 6) is 1.74. The van der Waals surface area contributed by atoms with E-state index in [1.807, 2.05) is 0 Å². The highest BCUT2D eigenvalue weighted by Gasteiger charge is 2.42. The van der Waals surface area contributed by atoms with Crippen molar-refractivity contribution in [3.8, 4) is 0 Å². The molecule has 1 saturated heterocycles. The Hall–Kier alpha value is -0.0400. The topological polar surface area (TPSA) is 3.24 Å². The van der Waals surface area contributed by atoms with Gasteiger partial charge in [-0.05, 0) is 45.6 Å². The van der Waals surface area contributed by atoms with Crippen LogP contribution in [-0.4, -0.2) is 23.5 Å². The molecule has 1 nitrogen and oxygen atoms in total. The van der Waals surface area contributed by atoms with Gasteiger partial charge in [0.1, 0.15) is 0 Å². The molecule has 0 spiro atoms. The maximum atomic E-state index is 2.60. The van der Waals surface area contributed by atoms with Crippen LogP contribution in [0.3, 0.4) is 0 Å². The molecule has 14 heavy (non-hydrogen) atoms. The minimum atomic E-state index is 0.375. The first-order valence-electron chi connectivity index (χ1n) is 6.18. The Morgan fingerprint density at radius 2 is 1.79 bits per heavy atom. The monoisotopic (exact) mass is 197 g/mol. The van der Waals surface area contributed by atoms with Crippen LogP contribution in [0.4, 0.5) is 0 Å². The summed E-state index contributed by atoms with van der Waals surface area (Å²) in [5, 5.41) is 0. The minimum Gasteiger partial charge on any atom is -0.298 e. The predicted molar refractivity (Wildman–Crippen MR) is 63.5 cm³/mol. The van der Waals surface area contributed by atoms with E-state index in [0.29, 0.717) is 5.54 Å². The summed E-state index contributed by atoms with van der Waals surface area (Å²) in [4.78, 5) is 2.60. The van der Waals surface area contributed by atoms with Crippen LogP contribution in [0.15, 0.2) is 0 Å². The van der Waals surface area contributed by atoms with Crippen molar-refractivity contribution in [2.45, 2.75) is 65.5 Å². The second-order valence-corrected chi connectivity index (χ2v) is 5.52. The first-order chi connectivity index (χ1) is 6.45. The van der Waals surface area contributed by atoms with E-state index in [0.717, 1.165) is 17.9 Å². The van der Waals surface area contributed by atoms with Crippen molar-refractivity contribution < 1.29 is 0 Å². The second kappa shape index (κ2) is 4.22. The summed E-state index contributed by atoms with van der Waals surface area (Å²) in [6.45, 7) is 11.9. The molecule has 0 saturated carbocycles. The van der Waals surface area contributed by atoms with Gasteiger partial charge in [0.2, 0.25) is 0 Å². The molecule has 84 valence electrons. The van der Waals surface area contributed by atoms with Gasteiger partial charge in [-0.2, -0.15) is 0 Å². The van der Waals surface area contributed by atoms with E-state index in [-0.39, 0.29) is 0 Å². The zero-order valence-corrected chi connectivity index (χ0v) is 10.8. The van der Waals surface area contributed by atoms with Gasteiger partial charge in [-0.25, -0.2) is 0 Å². The number of nitrogens with zero attached hydrogens (tertiary/aromatic N) is 1. The van der Waals surface area contributed by atoms with E-state index in [2.05, 4.69) is 46.6 Å². The van der Waals surface area contributed by atoms with Gasteiger partial charge < -0.3 is 0 Å². The number of hydrogen-bond donors (Lipinski definition) is 0. The molecule has 3 atom stereocenters. The Balaban J connectivity index is 2.84. The zero-order chi connectivity index (χ0) is 10.9. The predicted octanol–water partition coefficient (Wildman–Crippen LogP) is 3.54. The molecule has 0 aromatic rings. The van der Waals surface area contributed by atoms with Crippen LogP contribution in [0.1, 0.15) is 53.9 Å². The van der Waals surface area contributed by atoms with Crippen molar-refractivity contribution in [3.05, 3.63) is 0 Å². The lowest BCUT2D eigenvalue weighted by atomic mass is 9.69. The van der Waals surface area contributed by atoms with Crippen molar-refractivity contribution in [2.24, 2.45) is 11.8 Å². The fourth-order valence-corrected chi connectivity index (χ4v) is 3.04. The molecule has 0 aromatic heterocycles. The second-order valence-electron chi connectivity index (χ2n) is 5.52. The average molecular weight is 197 g/mol. The molecule has 3 unspecified atom stereocenters. The van der Waals surface area contributed by atoms with Crippen molar-refractivity contribution in [2.75, 3.05) is 7.05 Å². The normalized spacial score (nSPS) is 38.6. The molecule has 0 N–H and O–H groups in total. The quantitative estimate of drug-likeness (QED) is 0.654. The lowest BCUT2D eigenvalue weighted by Crippen LogP contribution is -2.57. The first kappa shape index (κ1) is 12.0. The standard InChI is InChI=1S/C13H27N/c1-7-11-9-12(8-2)14(6)13(4,5)10(11)3/h10-12H,7-9H2,1-6H3. The van der Waals surface area contributed by atoms with Crippen molar-refractivity contribution >= 4 is 0 Å². The van der Waals surface area contributed by atoms with Crippen LogP contribution >= 0.6 is 0 Å². The maximum Gasteiger partial charge on any atom is 0.0181 e. The van der Waals surface area contributed by atoms with Gasteiger partial charge in [-0.1, -0.05) is 27.2 Å². The lowest BCUT2D eigenvalue weighted by molar-refractivity contribution is -0.0317. The highest BCUT2D eigenvalue weighted by Crippen LogP contribution is 2.41. The summed E-state index contributed by atoms with van der Waals surface area (Å²) in [7, 11) is 2.30. The lowest BCUT2D eigenvalue weighted by Gasteiger charge is -2.53. The maximum absolute atomic E-state index is 2.60. The van der Waals surface area contributed by atoms with E-state index in [4.69, 9.17) is 0 Å². The van der Waals surface area contributed by atoms with Crippen LogP contribution in [0.25, 0.3) is 0 Å². The Kier molecular flexibility index (Phi) is 3.63. The van der Waals surface area contributed by atoms with Crippen LogP contribution in [-0.2, 0) is 0 Å². The van der Waals surface area contributed by atoms with Gasteiger partial charge >= 0.3 is 0 Å². The van der Waals surface area contributed by atoms with Crippen molar-refractivity contribution in [3.63, 3.8) is 0 Å². The Bertz CT molecular complexity index is 168. The fourth-order valence-electron chi connectivity index (χ4n) is 3.04. The summed E-state index contributed by atoms with van der Waals surface area (Å²) in [6, 6.07) is 0.797. The molecule has 0 aromatic carbocycles. The van der Waals surface area contributed by atoms with E-state index in [9.17, 15) is 0 Å². The third-order valence-corrected chi connectivity index (χ3v) is 4.85. The third-order valence-electron chi connectivity index (χ3n) is 4.85. The molecular formula is C13H27N. The van der Waals surface area contributed by atoms with Crippen LogP contribution in [0.2, 0.25) is 0 Å². The van der Waals surface area contributed by atoms with Gasteiger partial charge in [0.05, 0.1) is 0 Å². The zero-order valence-electron chi connectivity index (χ0n) is 10.8. The van der Waals surface area contributed by atoms with Gasteiger partial charge in [0.25, 0.3) is 0 Å². The summed E-state index contributed by atoms with van der Waals surface area (Å²) < 4.78 is 0. The van der Waals surface area contributed by atoms with Gasteiger partial charge in [-0.15, -0.1) is 0 Å². The smallest absolute Gasteiger partial charge is 0.0181 e. The van der Waals surface area contributed by atoms with Crippen molar-refractivity contribution in [1.29, 1.82) is 0 Å². The Morgan fingerprint density at radius 1 is 1.21 bits per heavy atom. The molecule has 1 heterocycles. The molecule has 1 heteroatoms. The fraction of sp³-hybridized carbons (Fsp3) is 1.00. The molecule has 0 bridgehead atoms. The highest BCUT2D eigenvalue weighted by molar-refractivity contribution is 4.96. The van der Waals surface area contributed by atoms with E-state index in [1.54, 1.807) is 0 Å². The van der Waals surface area contributed by atoms with Crippen molar-refractivity contribution in [1.82, 2.24) is 4.90 Å².